The molecule has 0 bridgehead atoms. The van der Waals surface area contributed by atoms with Crippen molar-refractivity contribution >= 4 is 17.9 Å². The molecule has 0 N–H and O–H groups in total. The summed E-state index contributed by atoms with van der Waals surface area (Å²) in [5, 5.41) is 11.7. The van der Waals surface area contributed by atoms with E-state index in [4.69, 9.17) is 18.9 Å². The van der Waals surface area contributed by atoms with Gasteiger partial charge in [-0.25, -0.2) is 0 Å². The first-order valence-corrected chi connectivity index (χ1v) is 23.6. The summed E-state index contributed by atoms with van der Waals surface area (Å²) in [6, 6.07) is 0. The fraction of sp³-hybridized carbons (Fsp3) is 0.706. The fourth-order valence-corrected chi connectivity index (χ4v) is 6.03. The van der Waals surface area contributed by atoms with Gasteiger partial charge in [0.15, 0.2) is 12.4 Å². The number of esters is 2. The molecule has 0 aromatic rings. The van der Waals surface area contributed by atoms with Crippen LogP contribution in [0.2, 0.25) is 0 Å². The maximum Gasteiger partial charge on any atom is 0.306 e. The molecular formula is C51H87NO8. The highest BCUT2D eigenvalue weighted by Gasteiger charge is 2.21. The molecule has 344 valence electrons. The zero-order chi connectivity index (χ0) is 44.2. The number of aliphatic carboxylic acids is 1. The average molecular weight is 842 g/mol. The summed E-state index contributed by atoms with van der Waals surface area (Å²) in [6.07, 6.45) is 49.4. The van der Waals surface area contributed by atoms with Crippen molar-refractivity contribution < 1.29 is 42.9 Å². The normalized spacial score (nSPS) is 13.6. The Bertz CT molecular complexity index is 1210. The number of unbranched alkanes of at least 4 members (excludes halogenated alkanes) is 15. The van der Waals surface area contributed by atoms with Gasteiger partial charge in [0.2, 0.25) is 0 Å². The number of quaternary nitrogens is 1. The predicted octanol–water partition coefficient (Wildman–Crippen LogP) is 11.4. The van der Waals surface area contributed by atoms with Crippen LogP contribution in [0.1, 0.15) is 174 Å². The van der Waals surface area contributed by atoms with E-state index < -0.39 is 24.3 Å². The Morgan fingerprint density at radius 3 is 1.48 bits per heavy atom. The van der Waals surface area contributed by atoms with Gasteiger partial charge in [0.25, 0.3) is 0 Å². The Hall–Kier alpha value is -3.27. The van der Waals surface area contributed by atoms with Crippen LogP contribution in [-0.4, -0.2) is 82.3 Å². The third-order valence-electron chi connectivity index (χ3n) is 9.69. The van der Waals surface area contributed by atoms with Crippen LogP contribution in [0.3, 0.4) is 0 Å². The van der Waals surface area contributed by atoms with Crippen molar-refractivity contribution in [3.05, 3.63) is 72.9 Å². The number of allylic oxidation sites excluding steroid dienone is 12. The molecule has 0 fully saturated rings. The second-order valence-electron chi connectivity index (χ2n) is 16.7. The van der Waals surface area contributed by atoms with E-state index in [1.807, 2.05) is 27.2 Å². The summed E-state index contributed by atoms with van der Waals surface area (Å²) in [5.41, 5.74) is 0. The zero-order valence-corrected chi connectivity index (χ0v) is 38.8. The smallest absolute Gasteiger partial charge is 0.306 e. The van der Waals surface area contributed by atoms with Crippen molar-refractivity contribution in [1.29, 1.82) is 0 Å². The highest BCUT2D eigenvalue weighted by atomic mass is 16.7. The summed E-state index contributed by atoms with van der Waals surface area (Å²) < 4.78 is 22.5. The maximum atomic E-state index is 12.7. The van der Waals surface area contributed by atoms with Crippen LogP contribution in [0.5, 0.6) is 0 Å². The number of carbonyl (C=O) groups is 3. The first-order valence-electron chi connectivity index (χ1n) is 23.6. The standard InChI is InChI=1S/C51H87NO8/c1-6-8-10-12-14-16-18-20-22-24-26-27-29-31-33-35-37-39-41-48(53)58-45-47(46-59-51(50(55)56)57-44-43-52(3,4)5)60-49(54)42-40-38-36-34-32-30-28-25-23-21-19-17-15-13-11-9-7-2/h9,11,15,17,21-24,28,30,34,36,47,51H,6-8,10,12-14,16,18-20,25-27,29,31-33,35,37-46H2,1-5H3/b11-9-,17-15-,23-21-,24-22-,30-28-,36-34-. The number of carbonyl (C=O) groups excluding carboxylic acids is 3. The molecule has 0 aromatic carbocycles. The molecule has 0 aliphatic carbocycles. The summed E-state index contributed by atoms with van der Waals surface area (Å²) in [5.74, 6) is -2.38. The Balaban J connectivity index is 4.51. The van der Waals surface area contributed by atoms with E-state index in [0.29, 0.717) is 23.9 Å². The van der Waals surface area contributed by atoms with Crippen LogP contribution in [0.25, 0.3) is 0 Å². The third kappa shape index (κ3) is 42.8. The molecule has 0 amide bonds. The van der Waals surface area contributed by atoms with E-state index in [-0.39, 0.29) is 38.6 Å². The highest BCUT2D eigenvalue weighted by molar-refractivity contribution is 5.70. The molecule has 0 heterocycles. The molecule has 0 aromatic heterocycles. The number of carboxylic acids is 1. The second kappa shape index (κ2) is 42.4. The van der Waals surface area contributed by atoms with Gasteiger partial charge in [0.1, 0.15) is 13.2 Å². The molecule has 0 radical (unpaired) electrons. The molecule has 9 nitrogen and oxygen atoms in total. The van der Waals surface area contributed by atoms with Gasteiger partial charge in [0, 0.05) is 12.8 Å². The van der Waals surface area contributed by atoms with Crippen molar-refractivity contribution in [2.75, 3.05) is 47.5 Å². The minimum absolute atomic E-state index is 0.133. The number of rotatable bonds is 42. The first kappa shape index (κ1) is 56.7. The van der Waals surface area contributed by atoms with Gasteiger partial charge in [-0.1, -0.05) is 157 Å². The van der Waals surface area contributed by atoms with Gasteiger partial charge in [-0.2, -0.15) is 0 Å². The van der Waals surface area contributed by atoms with E-state index in [1.54, 1.807) is 0 Å². The fourth-order valence-electron chi connectivity index (χ4n) is 6.03. The molecule has 0 saturated heterocycles. The largest absolute Gasteiger partial charge is 0.545 e. The summed E-state index contributed by atoms with van der Waals surface area (Å²) in [4.78, 5) is 37.0. The SMILES string of the molecule is CC/C=C\C/C=C\C/C=C\C/C=C\C/C=C\CCCC(=O)OC(COC(=O)CCCCCCCCC/C=C\CCCCCCCCC)COC(OCC[N+](C)(C)C)C(=O)[O-]. The molecule has 0 rings (SSSR count). The number of hydrogen-bond acceptors (Lipinski definition) is 8. The molecule has 2 atom stereocenters. The quantitative estimate of drug-likeness (QED) is 0.0196. The molecular weight excluding hydrogens is 755 g/mol. The Morgan fingerprint density at radius 1 is 0.517 bits per heavy atom. The Labute approximate surface area is 367 Å². The van der Waals surface area contributed by atoms with E-state index in [0.717, 1.165) is 64.2 Å². The van der Waals surface area contributed by atoms with Gasteiger partial charge in [0.05, 0.1) is 40.3 Å². The minimum atomic E-state index is -1.64. The summed E-state index contributed by atoms with van der Waals surface area (Å²) in [6.45, 7) is 4.54. The van der Waals surface area contributed by atoms with Crippen LogP contribution in [-0.2, 0) is 33.3 Å². The Kier molecular flexibility index (Phi) is 40.1. The van der Waals surface area contributed by atoms with Gasteiger partial charge >= 0.3 is 11.9 Å². The van der Waals surface area contributed by atoms with Crippen LogP contribution in [0, 0.1) is 0 Å². The summed E-state index contributed by atoms with van der Waals surface area (Å²) in [7, 11) is 5.88. The second-order valence-corrected chi connectivity index (χ2v) is 16.7. The van der Waals surface area contributed by atoms with Crippen LogP contribution >= 0.6 is 0 Å². The molecule has 0 aliphatic heterocycles. The monoisotopic (exact) mass is 842 g/mol. The lowest BCUT2D eigenvalue weighted by atomic mass is 10.1. The van der Waals surface area contributed by atoms with E-state index in [9.17, 15) is 19.5 Å². The summed E-state index contributed by atoms with van der Waals surface area (Å²) >= 11 is 0. The lowest BCUT2D eigenvalue weighted by Gasteiger charge is -2.26. The van der Waals surface area contributed by atoms with E-state index in [1.165, 1.54) is 70.6 Å². The van der Waals surface area contributed by atoms with Crippen LogP contribution < -0.4 is 5.11 Å². The number of carboxylic acid groups (broad SMARTS) is 1. The van der Waals surface area contributed by atoms with E-state index >= 15 is 0 Å². The van der Waals surface area contributed by atoms with Gasteiger partial charge in [-0.3, -0.25) is 9.59 Å². The molecule has 0 saturated carbocycles. The van der Waals surface area contributed by atoms with Crippen molar-refractivity contribution in [1.82, 2.24) is 0 Å². The Morgan fingerprint density at radius 2 is 0.967 bits per heavy atom. The highest BCUT2D eigenvalue weighted by Crippen LogP contribution is 2.13. The van der Waals surface area contributed by atoms with Crippen LogP contribution in [0.4, 0.5) is 0 Å². The maximum absolute atomic E-state index is 12.7. The number of ether oxygens (including phenoxy) is 4. The topological polar surface area (TPSA) is 111 Å². The number of nitrogens with zero attached hydrogens (tertiary/aromatic N) is 1. The van der Waals surface area contributed by atoms with Crippen molar-refractivity contribution in [2.45, 2.75) is 187 Å². The van der Waals surface area contributed by atoms with Gasteiger partial charge < -0.3 is 33.3 Å². The molecule has 0 aliphatic rings. The van der Waals surface area contributed by atoms with Crippen molar-refractivity contribution in [2.24, 2.45) is 0 Å². The molecule has 9 heteroatoms. The van der Waals surface area contributed by atoms with Crippen molar-refractivity contribution in [3.63, 3.8) is 0 Å². The number of hydrogen-bond donors (Lipinski definition) is 0. The minimum Gasteiger partial charge on any atom is -0.545 e. The average Bonchev–Trinajstić information content (AvgIpc) is 3.21. The van der Waals surface area contributed by atoms with Crippen molar-refractivity contribution in [3.8, 4) is 0 Å². The number of likely N-dealkylation sites (N-methyl/N-ethyl adjacent to an activating group) is 1. The third-order valence-corrected chi connectivity index (χ3v) is 9.69. The molecule has 0 spiro atoms. The van der Waals surface area contributed by atoms with Gasteiger partial charge in [-0.15, -0.1) is 0 Å². The van der Waals surface area contributed by atoms with Gasteiger partial charge in [-0.05, 0) is 77.0 Å². The van der Waals surface area contributed by atoms with E-state index in [2.05, 4.69) is 80.7 Å². The zero-order valence-electron chi connectivity index (χ0n) is 38.8. The lowest BCUT2D eigenvalue weighted by molar-refractivity contribution is -0.870. The lowest BCUT2D eigenvalue weighted by Crippen LogP contribution is -2.44. The molecule has 60 heavy (non-hydrogen) atoms. The molecule has 2 unspecified atom stereocenters. The predicted molar refractivity (Wildman–Crippen MR) is 246 cm³/mol. The van der Waals surface area contributed by atoms with Crippen LogP contribution in [0.15, 0.2) is 72.9 Å². The first-order chi connectivity index (χ1) is 29.1.